The molecule has 136 valence electrons. The van der Waals surface area contributed by atoms with Crippen molar-refractivity contribution in [3.8, 4) is 0 Å². The summed E-state index contributed by atoms with van der Waals surface area (Å²) in [5.74, 6) is -2.30. The first-order valence-electron chi connectivity index (χ1n) is 7.27. The zero-order valence-corrected chi connectivity index (χ0v) is 13.7. The second kappa shape index (κ2) is 7.91. The Balaban J connectivity index is 3.48. The van der Waals surface area contributed by atoms with Crippen molar-refractivity contribution in [2.24, 2.45) is 5.92 Å². The lowest BCUT2D eigenvalue weighted by Gasteiger charge is -2.11. The van der Waals surface area contributed by atoms with Crippen LogP contribution in [0.1, 0.15) is 36.7 Å². The molecular weight excluding hydrogens is 343 g/mol. The summed E-state index contributed by atoms with van der Waals surface area (Å²) >= 11 is 0. The summed E-state index contributed by atoms with van der Waals surface area (Å²) in [6.45, 7) is 4.75. The van der Waals surface area contributed by atoms with E-state index in [1.807, 2.05) is 0 Å². The van der Waals surface area contributed by atoms with Crippen LogP contribution in [0.4, 0.5) is 18.9 Å². The van der Waals surface area contributed by atoms with Crippen LogP contribution in [0.25, 0.3) is 0 Å². The highest BCUT2D eigenvalue weighted by molar-refractivity contribution is 6.27. The second-order valence-electron chi connectivity index (χ2n) is 5.32. The van der Waals surface area contributed by atoms with E-state index in [0.717, 1.165) is 6.26 Å². The number of carbonyl (C=O) groups is 2. The number of Topliss-reactive ketones (excluding diaryl/α,β-unsaturated/α-hetero) is 2. The number of nitro benzene ring substituents is 1. The summed E-state index contributed by atoms with van der Waals surface area (Å²) in [4.78, 5) is 34.7. The molecular formula is C16H16F3NO5. The van der Waals surface area contributed by atoms with Crippen LogP contribution < -0.4 is 0 Å². The number of hydrogen-bond donors (Lipinski definition) is 0. The fourth-order valence-electron chi connectivity index (χ4n) is 1.90. The predicted octanol–water partition coefficient (Wildman–Crippen LogP) is 3.94. The smallest absolute Gasteiger partial charge is 0.416 e. The SMILES string of the molecule is CCO/C=C(\C(=O)c1ccc(C(F)(F)F)cc1[N+](=O)[O-])C(=O)C(C)C. The van der Waals surface area contributed by atoms with Crippen LogP contribution in [-0.2, 0) is 15.7 Å². The van der Waals surface area contributed by atoms with Gasteiger partial charge in [0.25, 0.3) is 5.69 Å². The van der Waals surface area contributed by atoms with Crippen molar-refractivity contribution >= 4 is 17.3 Å². The van der Waals surface area contributed by atoms with Gasteiger partial charge in [0.15, 0.2) is 5.78 Å². The van der Waals surface area contributed by atoms with Gasteiger partial charge in [0.2, 0.25) is 5.78 Å². The number of carbonyl (C=O) groups excluding carboxylic acids is 2. The molecule has 0 atom stereocenters. The molecule has 0 aromatic heterocycles. The molecule has 6 nitrogen and oxygen atoms in total. The normalized spacial score (nSPS) is 12.2. The first-order valence-corrected chi connectivity index (χ1v) is 7.27. The van der Waals surface area contributed by atoms with Gasteiger partial charge in [-0.1, -0.05) is 13.8 Å². The third-order valence-electron chi connectivity index (χ3n) is 3.17. The minimum atomic E-state index is -4.80. The molecule has 0 aliphatic rings. The second-order valence-corrected chi connectivity index (χ2v) is 5.32. The van der Waals surface area contributed by atoms with Crippen LogP contribution in [0.15, 0.2) is 30.0 Å². The number of nitro groups is 1. The van der Waals surface area contributed by atoms with Crippen LogP contribution in [0.5, 0.6) is 0 Å². The van der Waals surface area contributed by atoms with Gasteiger partial charge >= 0.3 is 6.18 Å². The minimum absolute atomic E-state index is 0.136. The molecule has 0 N–H and O–H groups in total. The van der Waals surface area contributed by atoms with Gasteiger partial charge in [-0.2, -0.15) is 13.2 Å². The Hall–Kier alpha value is -2.71. The lowest BCUT2D eigenvalue weighted by molar-refractivity contribution is -0.385. The van der Waals surface area contributed by atoms with Gasteiger partial charge < -0.3 is 4.74 Å². The number of ether oxygens (including phenoxy) is 1. The molecule has 0 saturated carbocycles. The van der Waals surface area contributed by atoms with E-state index in [9.17, 15) is 32.9 Å². The van der Waals surface area contributed by atoms with E-state index in [1.165, 1.54) is 13.8 Å². The molecule has 1 rings (SSSR count). The zero-order valence-electron chi connectivity index (χ0n) is 13.7. The summed E-state index contributed by atoms with van der Waals surface area (Å²) in [7, 11) is 0. The van der Waals surface area contributed by atoms with E-state index in [4.69, 9.17) is 4.74 Å². The lowest BCUT2D eigenvalue weighted by atomic mass is 9.93. The maximum absolute atomic E-state index is 12.7. The Bertz CT molecular complexity index is 723. The number of nitrogens with zero attached hydrogens (tertiary/aromatic N) is 1. The Morgan fingerprint density at radius 2 is 1.92 bits per heavy atom. The van der Waals surface area contributed by atoms with Crippen LogP contribution >= 0.6 is 0 Å². The lowest BCUT2D eigenvalue weighted by Crippen LogP contribution is -2.20. The van der Waals surface area contributed by atoms with Gasteiger partial charge in [-0.25, -0.2) is 0 Å². The topological polar surface area (TPSA) is 86.5 Å². The number of alkyl halides is 3. The molecule has 0 aliphatic carbocycles. The van der Waals surface area contributed by atoms with Crippen LogP contribution in [0, 0.1) is 16.0 Å². The van der Waals surface area contributed by atoms with E-state index in [0.29, 0.717) is 12.1 Å². The molecule has 1 aromatic rings. The van der Waals surface area contributed by atoms with Crippen molar-refractivity contribution in [2.75, 3.05) is 6.61 Å². The standard InChI is InChI=1S/C16H16F3NO5/c1-4-25-8-12(14(21)9(2)3)15(22)11-6-5-10(16(17,18)19)7-13(11)20(23)24/h5-9H,4H2,1-3H3/b12-8-. The Labute approximate surface area is 141 Å². The molecule has 1 aromatic carbocycles. The van der Waals surface area contributed by atoms with Gasteiger partial charge in [-0.05, 0) is 19.1 Å². The van der Waals surface area contributed by atoms with E-state index < -0.39 is 51.0 Å². The van der Waals surface area contributed by atoms with Crippen molar-refractivity contribution in [3.05, 3.63) is 51.3 Å². The summed E-state index contributed by atoms with van der Waals surface area (Å²) in [6, 6.07) is 1.51. The molecule has 25 heavy (non-hydrogen) atoms. The van der Waals surface area contributed by atoms with Gasteiger partial charge in [-0.3, -0.25) is 19.7 Å². The molecule has 0 fully saturated rings. The summed E-state index contributed by atoms with van der Waals surface area (Å²) in [5.41, 5.74) is -3.36. The summed E-state index contributed by atoms with van der Waals surface area (Å²) in [6.07, 6.45) is -3.92. The summed E-state index contributed by atoms with van der Waals surface area (Å²) < 4.78 is 43.1. The monoisotopic (exact) mass is 359 g/mol. The van der Waals surface area contributed by atoms with Gasteiger partial charge in [-0.15, -0.1) is 0 Å². The Kier molecular flexibility index (Phi) is 6.43. The fraction of sp³-hybridized carbons (Fsp3) is 0.375. The molecule has 0 heterocycles. The molecule has 9 heteroatoms. The number of allylic oxidation sites excluding steroid dienone is 1. The zero-order chi connectivity index (χ0) is 19.4. The maximum Gasteiger partial charge on any atom is 0.416 e. The summed E-state index contributed by atoms with van der Waals surface area (Å²) in [5, 5.41) is 11.1. The average Bonchev–Trinajstić information content (AvgIpc) is 2.53. The largest absolute Gasteiger partial charge is 0.501 e. The molecule has 0 amide bonds. The van der Waals surface area contributed by atoms with Crippen molar-refractivity contribution in [2.45, 2.75) is 26.9 Å². The van der Waals surface area contributed by atoms with Gasteiger partial charge in [0, 0.05) is 12.0 Å². The third-order valence-corrected chi connectivity index (χ3v) is 3.17. The van der Waals surface area contributed by atoms with Crippen molar-refractivity contribution in [3.63, 3.8) is 0 Å². The molecule has 0 aliphatic heterocycles. The molecule has 0 saturated heterocycles. The first-order chi connectivity index (χ1) is 11.5. The number of rotatable bonds is 7. The quantitative estimate of drug-likeness (QED) is 0.140. The van der Waals surface area contributed by atoms with Gasteiger partial charge in [0.1, 0.15) is 11.1 Å². The molecule has 0 bridgehead atoms. The number of ketones is 2. The predicted molar refractivity (Wildman–Crippen MR) is 82.0 cm³/mol. The number of benzene rings is 1. The number of halogens is 3. The van der Waals surface area contributed by atoms with Crippen LogP contribution in [0.3, 0.4) is 0 Å². The van der Waals surface area contributed by atoms with E-state index in [-0.39, 0.29) is 12.7 Å². The Morgan fingerprint density at radius 3 is 2.36 bits per heavy atom. The molecule has 0 unspecified atom stereocenters. The van der Waals surface area contributed by atoms with Crippen molar-refractivity contribution in [1.82, 2.24) is 0 Å². The third kappa shape index (κ3) is 4.88. The molecule has 0 spiro atoms. The van der Waals surface area contributed by atoms with Gasteiger partial charge in [0.05, 0.1) is 23.4 Å². The fourth-order valence-corrected chi connectivity index (χ4v) is 1.90. The van der Waals surface area contributed by atoms with Crippen LogP contribution in [0.2, 0.25) is 0 Å². The van der Waals surface area contributed by atoms with Crippen molar-refractivity contribution < 1.29 is 32.4 Å². The first kappa shape index (κ1) is 20.3. The van der Waals surface area contributed by atoms with Crippen LogP contribution in [-0.4, -0.2) is 23.1 Å². The van der Waals surface area contributed by atoms with E-state index in [2.05, 4.69) is 0 Å². The van der Waals surface area contributed by atoms with Crippen molar-refractivity contribution in [1.29, 1.82) is 0 Å². The van der Waals surface area contributed by atoms with E-state index >= 15 is 0 Å². The number of hydrogen-bond acceptors (Lipinski definition) is 5. The highest BCUT2D eigenvalue weighted by Crippen LogP contribution is 2.34. The average molecular weight is 359 g/mol. The highest BCUT2D eigenvalue weighted by atomic mass is 19.4. The maximum atomic E-state index is 12.7. The van der Waals surface area contributed by atoms with E-state index in [1.54, 1.807) is 6.92 Å². The highest BCUT2D eigenvalue weighted by Gasteiger charge is 2.35. The molecule has 0 radical (unpaired) electrons. The minimum Gasteiger partial charge on any atom is -0.501 e. The Morgan fingerprint density at radius 1 is 1.32 bits per heavy atom.